The Morgan fingerprint density at radius 2 is 1.76 bits per heavy atom. The monoisotopic (exact) mass is 644 g/mol. The van der Waals surface area contributed by atoms with Crippen LogP contribution >= 0.6 is 0 Å². The number of aliphatic hydroxyl groups excluding tert-OH is 1. The number of furan rings is 1. The number of benzene rings is 4. The molecule has 2 aromatic heterocycles. The number of nitrogens with one attached hydrogen (secondary N) is 1. The zero-order chi connectivity index (χ0) is 32.7. The Labute approximate surface area is 263 Å². The Morgan fingerprint density at radius 1 is 1.02 bits per heavy atom. The van der Waals surface area contributed by atoms with Crippen LogP contribution in [0.15, 0.2) is 81.6 Å². The fraction of sp³-hybridized carbons (Fsp3) is 0.152. The zero-order valence-corrected chi connectivity index (χ0v) is 25.8. The number of nitrogen functional groups attached to an aromatic ring is 1. The van der Waals surface area contributed by atoms with Gasteiger partial charge in [0.1, 0.15) is 28.4 Å². The molecule has 0 aliphatic carbocycles. The van der Waals surface area contributed by atoms with Crippen molar-refractivity contribution < 1.29 is 36.3 Å². The number of para-hydroxylation sites is 1. The number of nitrogens with zero attached hydrogens (tertiary/aromatic N) is 2. The lowest BCUT2D eigenvalue weighted by Crippen LogP contribution is -2.33. The number of carbonyl (C=O) groups is 1. The molecular weight excluding hydrogens is 615 g/mol. The van der Waals surface area contributed by atoms with Gasteiger partial charge in [0.05, 0.1) is 49.0 Å². The fourth-order valence-electron chi connectivity index (χ4n) is 5.41. The Morgan fingerprint density at radius 3 is 2.41 bits per heavy atom. The van der Waals surface area contributed by atoms with Crippen molar-refractivity contribution in [1.29, 1.82) is 0 Å². The summed E-state index contributed by atoms with van der Waals surface area (Å²) in [4.78, 5) is 17.9. The number of fused-ring (bicyclic) bond motifs is 2. The molecule has 6 aromatic rings. The molecule has 4 aromatic carbocycles. The largest absolute Gasteiger partial charge is 0.496 e. The number of ether oxygens (including phenoxy) is 1. The van der Waals surface area contributed by atoms with Crippen LogP contribution < -0.4 is 20.1 Å². The van der Waals surface area contributed by atoms with E-state index >= 15 is 0 Å². The molecule has 6 rings (SSSR count). The number of hydrogen-bond acceptors (Lipinski definition) is 9. The molecule has 236 valence electrons. The number of rotatable bonds is 9. The molecule has 0 atom stereocenters. The molecule has 0 radical (unpaired) electrons. The molecule has 0 aliphatic heterocycles. The van der Waals surface area contributed by atoms with Crippen molar-refractivity contribution in [3.63, 3.8) is 0 Å². The molecule has 0 unspecified atom stereocenters. The van der Waals surface area contributed by atoms with Crippen molar-refractivity contribution in [2.24, 2.45) is 0 Å². The van der Waals surface area contributed by atoms with Crippen LogP contribution in [-0.4, -0.2) is 58.0 Å². The topological polar surface area (TPSA) is 161 Å². The number of hydrogen-bond donors (Lipinski definition) is 3. The zero-order valence-electron chi connectivity index (χ0n) is 25.0. The lowest BCUT2D eigenvalue weighted by atomic mass is 9.97. The Bertz CT molecular complexity index is 2230. The molecule has 0 fully saturated rings. The minimum absolute atomic E-state index is 0.171. The molecule has 46 heavy (non-hydrogen) atoms. The number of sulfonamides is 1. The molecule has 0 aliphatic rings. The number of aromatic nitrogens is 1. The van der Waals surface area contributed by atoms with Crippen LogP contribution in [-0.2, 0) is 10.0 Å². The van der Waals surface area contributed by atoms with Crippen molar-refractivity contribution in [3.05, 3.63) is 84.2 Å². The maximum Gasteiger partial charge on any atom is 0.255 e. The van der Waals surface area contributed by atoms with Crippen LogP contribution in [0.3, 0.4) is 0 Å². The van der Waals surface area contributed by atoms with Gasteiger partial charge in [-0.25, -0.2) is 17.8 Å². The van der Waals surface area contributed by atoms with Crippen molar-refractivity contribution in [3.8, 4) is 39.7 Å². The lowest BCUT2D eigenvalue weighted by molar-refractivity contribution is 0.0964. The number of nitrogens with two attached hydrogens (primary N) is 1. The number of methoxy groups -OCH3 is 1. The van der Waals surface area contributed by atoms with Gasteiger partial charge in [-0.15, -0.1) is 0 Å². The maximum absolute atomic E-state index is 13.8. The van der Waals surface area contributed by atoms with E-state index in [0.717, 1.165) is 10.6 Å². The van der Waals surface area contributed by atoms with E-state index in [4.69, 9.17) is 19.3 Å². The van der Waals surface area contributed by atoms with Crippen LogP contribution in [0.25, 0.3) is 56.0 Å². The highest BCUT2D eigenvalue weighted by molar-refractivity contribution is 7.92. The summed E-state index contributed by atoms with van der Waals surface area (Å²) in [5.74, 6) is -0.107. The summed E-state index contributed by atoms with van der Waals surface area (Å²) in [7, 11) is -0.946. The third kappa shape index (κ3) is 5.39. The van der Waals surface area contributed by atoms with E-state index in [0.29, 0.717) is 50.2 Å². The van der Waals surface area contributed by atoms with Crippen LogP contribution in [0, 0.1) is 5.82 Å². The van der Waals surface area contributed by atoms with Crippen molar-refractivity contribution >= 4 is 49.4 Å². The predicted octanol–water partition coefficient (Wildman–Crippen LogP) is 5.42. The Balaban J connectivity index is 1.66. The smallest absolute Gasteiger partial charge is 0.255 e. The first-order chi connectivity index (χ1) is 22.0. The first kappa shape index (κ1) is 30.6. The number of aliphatic hydroxyl groups is 1. The summed E-state index contributed by atoms with van der Waals surface area (Å²) in [6.07, 6.45) is 1.03. The molecular formula is C33H29FN4O7S. The third-order valence-corrected chi connectivity index (χ3v) is 8.71. The maximum atomic E-state index is 13.8. The second kappa shape index (κ2) is 11.8. The molecule has 4 N–H and O–H groups in total. The minimum atomic E-state index is -3.92. The number of carbonyl (C=O) groups excluding carboxylic acids is 1. The summed E-state index contributed by atoms with van der Waals surface area (Å²) < 4.78 is 58.8. The number of amides is 1. The highest BCUT2D eigenvalue weighted by Gasteiger charge is 2.28. The van der Waals surface area contributed by atoms with Crippen molar-refractivity contribution in [2.75, 3.05) is 43.6 Å². The molecule has 13 heteroatoms. The predicted molar refractivity (Wildman–Crippen MR) is 174 cm³/mol. The fourth-order valence-corrected chi connectivity index (χ4v) is 6.33. The summed E-state index contributed by atoms with van der Waals surface area (Å²) in [6.45, 7) is -0.718. The van der Waals surface area contributed by atoms with Crippen molar-refractivity contribution in [1.82, 2.24) is 10.3 Å². The van der Waals surface area contributed by atoms with Gasteiger partial charge >= 0.3 is 0 Å². The molecule has 1 amide bonds. The van der Waals surface area contributed by atoms with Gasteiger partial charge in [-0.05, 0) is 60.2 Å². The number of halogens is 1. The molecule has 0 spiro atoms. The molecule has 2 heterocycles. The molecule has 0 bridgehead atoms. The van der Waals surface area contributed by atoms with Gasteiger partial charge in [0, 0.05) is 29.6 Å². The van der Waals surface area contributed by atoms with Gasteiger partial charge < -0.3 is 29.7 Å². The highest BCUT2D eigenvalue weighted by Crippen LogP contribution is 2.44. The Kier molecular flexibility index (Phi) is 7.88. The van der Waals surface area contributed by atoms with E-state index in [-0.39, 0.29) is 35.0 Å². The summed E-state index contributed by atoms with van der Waals surface area (Å²) >= 11 is 0. The number of anilines is 2. The van der Waals surface area contributed by atoms with Gasteiger partial charge in [-0.1, -0.05) is 12.1 Å². The second-order valence-electron chi connectivity index (χ2n) is 10.4. The highest BCUT2D eigenvalue weighted by atomic mass is 32.2. The van der Waals surface area contributed by atoms with Crippen LogP contribution in [0.2, 0.25) is 0 Å². The standard InChI is InChI=1S/C33H29FN4O7S/c1-36-32(40)29-22-16-21(19-9-12-26(43-2)23(15-19)33-37-30-24(35)5-4-6-27(30)45-33)25(38(13-14-39)46(3,41)42)17-28(22)44-31(29)18-7-10-20(34)11-8-18/h4-12,15-17,39H,13-14,35H2,1-3H3,(H,36,40). The summed E-state index contributed by atoms with van der Waals surface area (Å²) in [6, 6.07) is 19.0. The third-order valence-electron chi connectivity index (χ3n) is 7.53. The summed E-state index contributed by atoms with van der Waals surface area (Å²) in [5.41, 5.74) is 9.86. The molecule has 0 saturated heterocycles. The first-order valence-corrected chi connectivity index (χ1v) is 15.9. The number of oxazole rings is 1. The van der Waals surface area contributed by atoms with Gasteiger partial charge in [0.15, 0.2) is 5.58 Å². The van der Waals surface area contributed by atoms with Crippen molar-refractivity contribution in [2.45, 2.75) is 0 Å². The SMILES string of the molecule is CNC(=O)c1c(-c2ccc(F)cc2)oc2cc(N(CCO)S(C)(=O)=O)c(-c3ccc(OC)c(-c4nc5c(N)cccc5o4)c3)cc12. The van der Waals surface area contributed by atoms with Crippen LogP contribution in [0.4, 0.5) is 15.8 Å². The first-order valence-electron chi connectivity index (χ1n) is 14.0. The molecule has 11 nitrogen and oxygen atoms in total. The van der Waals surface area contributed by atoms with Gasteiger partial charge in [0.25, 0.3) is 5.91 Å². The summed E-state index contributed by atoms with van der Waals surface area (Å²) in [5, 5.41) is 12.9. The van der Waals surface area contributed by atoms with E-state index in [2.05, 4.69) is 10.3 Å². The normalized spacial score (nSPS) is 11.7. The van der Waals surface area contributed by atoms with Gasteiger partial charge in [-0.3, -0.25) is 9.10 Å². The lowest BCUT2D eigenvalue weighted by Gasteiger charge is -2.24. The van der Waals surface area contributed by atoms with E-state index in [1.54, 1.807) is 42.5 Å². The van der Waals surface area contributed by atoms with E-state index in [9.17, 15) is 22.7 Å². The van der Waals surface area contributed by atoms with E-state index in [1.165, 1.54) is 44.5 Å². The van der Waals surface area contributed by atoms with Crippen LogP contribution in [0.1, 0.15) is 10.4 Å². The minimum Gasteiger partial charge on any atom is -0.496 e. The Hall–Kier alpha value is -5.40. The van der Waals surface area contributed by atoms with E-state index in [1.807, 2.05) is 0 Å². The second-order valence-corrected chi connectivity index (χ2v) is 12.4. The van der Waals surface area contributed by atoms with Gasteiger partial charge in [0.2, 0.25) is 15.9 Å². The molecule has 0 saturated carbocycles. The average molecular weight is 645 g/mol. The quantitative estimate of drug-likeness (QED) is 0.175. The van der Waals surface area contributed by atoms with Crippen LogP contribution in [0.5, 0.6) is 5.75 Å². The average Bonchev–Trinajstić information content (AvgIpc) is 3.65. The van der Waals surface area contributed by atoms with Gasteiger partial charge in [-0.2, -0.15) is 0 Å². The van der Waals surface area contributed by atoms with E-state index < -0.39 is 28.4 Å².